The average Bonchev–Trinajstić information content (AvgIpc) is 2.31. The molecule has 0 aliphatic heterocycles. The minimum absolute atomic E-state index is 0.0760. The zero-order valence-electron chi connectivity index (χ0n) is 9.54. The number of hydrogen-bond donors (Lipinski definition) is 1. The molecular formula is C11H10N2O4S. The van der Waals surface area contributed by atoms with Crippen molar-refractivity contribution in [1.29, 1.82) is 5.26 Å². The van der Waals surface area contributed by atoms with Crippen molar-refractivity contribution in [3.05, 3.63) is 33.4 Å². The van der Waals surface area contributed by atoms with E-state index in [0.29, 0.717) is 5.56 Å². The van der Waals surface area contributed by atoms with Crippen molar-refractivity contribution in [2.75, 3.05) is 6.61 Å². The second-order valence-corrected chi connectivity index (χ2v) is 3.80. The Bertz CT molecular complexity index is 537. The maximum Gasteiger partial charge on any atom is 0.310 e. The molecule has 0 spiro atoms. The van der Waals surface area contributed by atoms with Gasteiger partial charge in [-0.2, -0.15) is 5.26 Å². The highest BCUT2D eigenvalue weighted by molar-refractivity contribution is 7.80. The van der Waals surface area contributed by atoms with Crippen molar-refractivity contribution < 1.29 is 14.5 Å². The fourth-order valence-corrected chi connectivity index (χ4v) is 1.67. The molecule has 0 bridgehead atoms. The molecule has 0 atom stereocenters. The second kappa shape index (κ2) is 6.02. The highest BCUT2D eigenvalue weighted by atomic mass is 32.1. The van der Waals surface area contributed by atoms with Crippen LogP contribution >= 0.6 is 12.6 Å². The van der Waals surface area contributed by atoms with Gasteiger partial charge < -0.3 is 4.74 Å². The quantitative estimate of drug-likeness (QED) is 0.388. The molecule has 0 aromatic heterocycles. The maximum absolute atomic E-state index is 11.3. The molecule has 0 unspecified atom stereocenters. The normalized spacial score (nSPS) is 9.61. The summed E-state index contributed by atoms with van der Waals surface area (Å²) in [7, 11) is 0. The van der Waals surface area contributed by atoms with Gasteiger partial charge in [0, 0.05) is 6.07 Å². The van der Waals surface area contributed by atoms with Crippen LogP contribution in [0.2, 0.25) is 0 Å². The average molecular weight is 266 g/mol. The topological polar surface area (TPSA) is 93.2 Å². The summed E-state index contributed by atoms with van der Waals surface area (Å²) in [4.78, 5) is 21.6. The van der Waals surface area contributed by atoms with E-state index in [2.05, 4.69) is 12.6 Å². The van der Waals surface area contributed by atoms with E-state index in [9.17, 15) is 14.9 Å². The first-order chi connectivity index (χ1) is 8.49. The molecule has 0 radical (unpaired) electrons. The van der Waals surface area contributed by atoms with Crippen molar-refractivity contribution in [1.82, 2.24) is 0 Å². The van der Waals surface area contributed by atoms with Gasteiger partial charge in [0.2, 0.25) is 0 Å². The monoisotopic (exact) mass is 266 g/mol. The lowest BCUT2D eigenvalue weighted by Gasteiger charge is -2.06. The molecule has 0 N–H and O–H groups in total. The Morgan fingerprint density at radius 1 is 1.61 bits per heavy atom. The van der Waals surface area contributed by atoms with Gasteiger partial charge in [0.25, 0.3) is 5.69 Å². The molecule has 18 heavy (non-hydrogen) atoms. The number of carbonyl (C=O) groups is 1. The van der Waals surface area contributed by atoms with Crippen LogP contribution in [0.4, 0.5) is 5.69 Å². The van der Waals surface area contributed by atoms with E-state index >= 15 is 0 Å². The summed E-state index contributed by atoms with van der Waals surface area (Å²) in [6, 6.07) is 4.32. The molecule has 0 aliphatic carbocycles. The number of thiol groups is 1. The highest BCUT2D eigenvalue weighted by Gasteiger charge is 2.19. The van der Waals surface area contributed by atoms with Crippen molar-refractivity contribution in [2.24, 2.45) is 0 Å². The van der Waals surface area contributed by atoms with Crippen LogP contribution in [0.5, 0.6) is 0 Å². The Kier molecular flexibility index (Phi) is 4.68. The van der Waals surface area contributed by atoms with Crippen LogP contribution < -0.4 is 0 Å². The van der Waals surface area contributed by atoms with E-state index in [1.807, 2.05) is 0 Å². The van der Waals surface area contributed by atoms with Crippen molar-refractivity contribution in [2.45, 2.75) is 18.2 Å². The van der Waals surface area contributed by atoms with Gasteiger partial charge in [-0.15, -0.1) is 12.6 Å². The number of nitro benzene ring substituents is 1. The predicted molar refractivity (Wildman–Crippen MR) is 65.4 cm³/mol. The fourth-order valence-electron chi connectivity index (χ4n) is 1.38. The van der Waals surface area contributed by atoms with Gasteiger partial charge in [0.1, 0.15) is 0 Å². The Hall–Kier alpha value is -2.07. The summed E-state index contributed by atoms with van der Waals surface area (Å²) in [6.07, 6.45) is -0.150. The van der Waals surface area contributed by atoms with Gasteiger partial charge in [-0.1, -0.05) is 0 Å². The summed E-state index contributed by atoms with van der Waals surface area (Å²) in [5.41, 5.74) is 0.123. The van der Waals surface area contributed by atoms with Gasteiger partial charge >= 0.3 is 5.97 Å². The molecule has 1 aromatic rings. The molecule has 94 valence electrons. The molecular weight excluding hydrogens is 256 g/mol. The van der Waals surface area contributed by atoms with Crippen LogP contribution in [0.3, 0.4) is 0 Å². The number of rotatable bonds is 4. The number of carbonyl (C=O) groups excluding carboxylic acids is 1. The maximum atomic E-state index is 11.3. The van der Waals surface area contributed by atoms with E-state index < -0.39 is 10.9 Å². The molecule has 1 rings (SSSR count). The van der Waals surface area contributed by atoms with E-state index in [1.54, 1.807) is 13.0 Å². The number of hydrogen-bond acceptors (Lipinski definition) is 6. The predicted octanol–water partition coefficient (Wildman–Crippen LogP) is 1.86. The Morgan fingerprint density at radius 3 is 2.78 bits per heavy atom. The largest absolute Gasteiger partial charge is 0.466 e. The lowest BCUT2D eigenvalue weighted by molar-refractivity contribution is -0.387. The molecule has 0 heterocycles. The molecule has 6 nitrogen and oxygen atoms in total. The minimum atomic E-state index is -0.641. The first-order valence-electron chi connectivity index (χ1n) is 5.05. The van der Waals surface area contributed by atoms with E-state index in [4.69, 9.17) is 10.00 Å². The minimum Gasteiger partial charge on any atom is -0.466 e. The summed E-state index contributed by atoms with van der Waals surface area (Å²) in [6.45, 7) is 1.88. The van der Waals surface area contributed by atoms with Crippen LogP contribution in [0.15, 0.2) is 17.0 Å². The van der Waals surface area contributed by atoms with Gasteiger partial charge in [0.05, 0.1) is 34.5 Å². The van der Waals surface area contributed by atoms with Crippen molar-refractivity contribution in [3.63, 3.8) is 0 Å². The highest BCUT2D eigenvalue weighted by Crippen LogP contribution is 2.28. The third-order valence-corrected chi connectivity index (χ3v) is 2.65. The standard InChI is InChI=1S/C11H10N2O4S/c1-2-17-10(14)5-8-3-7(6-12)4-9(11(8)18)13(15)16/h3-4,18H,2,5H2,1H3. The zero-order valence-corrected chi connectivity index (χ0v) is 10.4. The van der Waals surface area contributed by atoms with E-state index in [0.717, 1.165) is 6.07 Å². The lowest BCUT2D eigenvalue weighted by Crippen LogP contribution is -2.09. The summed E-state index contributed by atoms with van der Waals surface area (Å²) in [5, 5.41) is 19.6. The van der Waals surface area contributed by atoms with E-state index in [-0.39, 0.29) is 29.2 Å². The molecule has 0 saturated heterocycles. The first kappa shape index (κ1) is 14.0. The SMILES string of the molecule is CCOC(=O)Cc1cc(C#N)cc([N+](=O)[O-])c1S. The number of nitro groups is 1. The Morgan fingerprint density at radius 2 is 2.28 bits per heavy atom. The van der Waals surface area contributed by atoms with Gasteiger partial charge in [-0.3, -0.25) is 14.9 Å². The number of esters is 1. The second-order valence-electron chi connectivity index (χ2n) is 3.35. The molecule has 0 fully saturated rings. The van der Waals surface area contributed by atoms with E-state index in [1.165, 1.54) is 6.07 Å². The number of nitriles is 1. The molecule has 1 aromatic carbocycles. The molecule has 0 saturated carbocycles. The Labute approximate surface area is 109 Å². The van der Waals surface area contributed by atoms with Crippen LogP contribution in [0.1, 0.15) is 18.1 Å². The number of ether oxygens (including phenoxy) is 1. The summed E-state index contributed by atoms with van der Waals surface area (Å²) in [5.74, 6) is -0.516. The fraction of sp³-hybridized carbons (Fsp3) is 0.273. The van der Waals surface area contributed by atoms with Crippen LogP contribution in [0, 0.1) is 21.4 Å². The molecule has 7 heteroatoms. The lowest BCUT2D eigenvalue weighted by atomic mass is 10.1. The Balaban J connectivity index is 3.19. The molecule has 0 aliphatic rings. The van der Waals surface area contributed by atoms with Gasteiger partial charge in [0.15, 0.2) is 0 Å². The van der Waals surface area contributed by atoms with Crippen molar-refractivity contribution in [3.8, 4) is 6.07 Å². The molecule has 0 amide bonds. The number of benzene rings is 1. The van der Waals surface area contributed by atoms with Gasteiger partial charge in [-0.25, -0.2) is 0 Å². The van der Waals surface area contributed by atoms with Gasteiger partial charge in [-0.05, 0) is 18.6 Å². The third-order valence-electron chi connectivity index (χ3n) is 2.13. The van der Waals surface area contributed by atoms with Crippen molar-refractivity contribution >= 4 is 24.3 Å². The third kappa shape index (κ3) is 3.21. The van der Waals surface area contributed by atoms with Crippen LogP contribution in [-0.4, -0.2) is 17.5 Å². The van der Waals surface area contributed by atoms with Crippen LogP contribution in [-0.2, 0) is 16.0 Å². The summed E-state index contributed by atoms with van der Waals surface area (Å²) >= 11 is 4.02. The smallest absolute Gasteiger partial charge is 0.310 e. The summed E-state index contributed by atoms with van der Waals surface area (Å²) < 4.78 is 4.75. The number of nitrogens with zero attached hydrogens (tertiary/aromatic N) is 2. The first-order valence-corrected chi connectivity index (χ1v) is 5.50. The zero-order chi connectivity index (χ0) is 13.7. The van der Waals surface area contributed by atoms with Crippen LogP contribution in [0.25, 0.3) is 0 Å².